The fraction of sp³-hybridized carbons (Fsp3) is 0.259. The molecular weight excluding hydrogens is 558 g/mol. The van der Waals surface area contributed by atoms with Crippen molar-refractivity contribution in [2.24, 2.45) is 0 Å². The van der Waals surface area contributed by atoms with Crippen molar-refractivity contribution in [3.05, 3.63) is 84.4 Å². The molecule has 0 aliphatic carbocycles. The van der Waals surface area contributed by atoms with Gasteiger partial charge in [0.1, 0.15) is 5.82 Å². The number of halogens is 6. The number of hydrogen-bond acceptors (Lipinski definition) is 5. The molecule has 2 aromatic carbocycles. The first-order valence-corrected chi connectivity index (χ1v) is 12.0. The Labute approximate surface area is 229 Å². The van der Waals surface area contributed by atoms with Gasteiger partial charge in [-0.25, -0.2) is 14.6 Å². The Balaban J connectivity index is 0.000000276. The number of rotatable bonds is 4. The summed E-state index contributed by atoms with van der Waals surface area (Å²) in [6.45, 7) is 2.10. The Hall–Kier alpha value is -4.46. The van der Waals surface area contributed by atoms with Gasteiger partial charge in [-0.05, 0) is 60.3 Å². The molecule has 4 aromatic rings. The monoisotopic (exact) mass is 582 g/mol. The summed E-state index contributed by atoms with van der Waals surface area (Å²) in [4.78, 5) is 32.9. The summed E-state index contributed by atoms with van der Waals surface area (Å²) in [5.74, 6) is -4.43. The lowest BCUT2D eigenvalue weighted by Gasteiger charge is -2.22. The fourth-order valence-electron chi connectivity index (χ4n) is 4.05. The highest BCUT2D eigenvalue weighted by atomic mass is 19.4. The van der Waals surface area contributed by atoms with Crippen LogP contribution in [0.2, 0.25) is 0 Å². The van der Waals surface area contributed by atoms with Crippen LogP contribution in [0.3, 0.4) is 0 Å². The first-order valence-electron chi connectivity index (χ1n) is 12.0. The van der Waals surface area contributed by atoms with Crippen molar-refractivity contribution in [1.82, 2.24) is 19.9 Å². The molecule has 0 bridgehead atoms. The van der Waals surface area contributed by atoms with E-state index in [1.165, 1.54) is 23.1 Å². The Morgan fingerprint density at radius 3 is 2.02 bits per heavy atom. The molecule has 1 aliphatic heterocycles. The summed E-state index contributed by atoms with van der Waals surface area (Å²) in [6.07, 6.45) is -4.13. The second-order valence-corrected chi connectivity index (χ2v) is 8.81. The van der Waals surface area contributed by atoms with Gasteiger partial charge in [0.2, 0.25) is 0 Å². The van der Waals surface area contributed by atoms with Gasteiger partial charge in [0, 0.05) is 18.9 Å². The van der Waals surface area contributed by atoms with Crippen LogP contribution in [-0.2, 0) is 16.1 Å². The summed E-state index contributed by atoms with van der Waals surface area (Å²) < 4.78 is 63.5. The maximum atomic E-state index is 10.6. The number of aliphatic carboxylic acids is 2. The van der Waals surface area contributed by atoms with Gasteiger partial charge in [0.15, 0.2) is 0 Å². The van der Waals surface area contributed by atoms with Gasteiger partial charge in [-0.15, -0.1) is 0 Å². The van der Waals surface area contributed by atoms with Gasteiger partial charge in [-0.1, -0.05) is 36.4 Å². The fourth-order valence-corrected chi connectivity index (χ4v) is 4.05. The first-order chi connectivity index (χ1) is 19.3. The number of likely N-dealkylation sites (tertiary alicyclic amines) is 1. The van der Waals surface area contributed by atoms with E-state index in [2.05, 4.69) is 63.4 Å². The quantitative estimate of drug-likeness (QED) is 0.244. The summed E-state index contributed by atoms with van der Waals surface area (Å²) >= 11 is 0. The predicted octanol–water partition coefficient (Wildman–Crippen LogP) is 6.23. The normalized spacial score (nSPS) is 15.4. The number of aromatic amines is 1. The number of hydrogen-bond donors (Lipinski definition) is 3. The molecule has 0 saturated carbocycles. The van der Waals surface area contributed by atoms with Crippen molar-refractivity contribution in [3.63, 3.8) is 0 Å². The third kappa shape index (κ3) is 9.03. The summed E-state index contributed by atoms with van der Waals surface area (Å²) in [5, 5.41) is 14.2. The second-order valence-electron chi connectivity index (χ2n) is 8.81. The Morgan fingerprint density at radius 2 is 1.46 bits per heavy atom. The Morgan fingerprint density at radius 1 is 0.878 bits per heavy atom. The number of benzene rings is 2. The number of carboxylic acids is 2. The lowest BCUT2D eigenvalue weighted by atomic mass is 10.1. The molecule has 1 fully saturated rings. The van der Waals surface area contributed by atoms with E-state index in [-0.39, 0.29) is 0 Å². The van der Waals surface area contributed by atoms with Crippen molar-refractivity contribution in [1.29, 1.82) is 0 Å². The molecule has 0 radical (unpaired) electrons. The van der Waals surface area contributed by atoms with Crippen molar-refractivity contribution < 1.29 is 46.1 Å². The molecule has 0 spiro atoms. The molecule has 2 aromatic heterocycles. The number of H-pyrrole nitrogens is 1. The third-order valence-corrected chi connectivity index (χ3v) is 5.91. The topological polar surface area (TPSA) is 119 Å². The summed E-state index contributed by atoms with van der Waals surface area (Å²) in [6, 6.07) is 21.6. The van der Waals surface area contributed by atoms with E-state index in [4.69, 9.17) is 24.8 Å². The number of alkyl halides is 6. The van der Waals surface area contributed by atoms with Crippen LogP contribution in [0.25, 0.3) is 22.2 Å². The standard InChI is InChI=1S/C23H22N4.2C2HF3O2/c1-2-5-17(6-3-1)16-27-14-4-7-22(27)23-25-20-9-8-19(15-21(20)26-23)18-10-12-24-13-11-18;2*3-2(4,5)1(6)7/h1-3,5-6,8-13,15,22H,4,7,14,16H2,(H,25,26);2*(H,6,7)/t22-;;/m0../s1. The molecule has 1 atom stereocenters. The molecule has 41 heavy (non-hydrogen) atoms. The van der Waals surface area contributed by atoms with Gasteiger partial charge in [0.25, 0.3) is 0 Å². The van der Waals surface area contributed by atoms with Gasteiger partial charge in [-0.2, -0.15) is 26.3 Å². The number of aromatic nitrogens is 3. The number of carboxylic acid groups (broad SMARTS) is 2. The number of nitrogens with zero attached hydrogens (tertiary/aromatic N) is 3. The van der Waals surface area contributed by atoms with E-state index in [1.54, 1.807) is 0 Å². The van der Waals surface area contributed by atoms with E-state index < -0.39 is 24.3 Å². The second kappa shape index (κ2) is 13.3. The molecule has 1 saturated heterocycles. The molecule has 5 rings (SSSR count). The number of pyridine rings is 1. The highest BCUT2D eigenvalue weighted by Crippen LogP contribution is 2.33. The van der Waals surface area contributed by atoms with Crippen LogP contribution in [0, 0.1) is 0 Å². The van der Waals surface area contributed by atoms with Gasteiger partial charge in [0.05, 0.1) is 17.1 Å². The minimum atomic E-state index is -5.08. The first kappa shape index (κ1) is 31.1. The summed E-state index contributed by atoms with van der Waals surface area (Å²) in [5.41, 5.74) is 5.86. The zero-order valence-corrected chi connectivity index (χ0v) is 21.2. The SMILES string of the molecule is O=C(O)C(F)(F)F.O=C(O)C(F)(F)F.c1ccc(CN2CCC[C@H]2c2nc3ccc(-c4ccncc4)cc3[nH]2)cc1. The molecular formula is C27H24F6N4O4. The number of fused-ring (bicyclic) bond motifs is 1. The Kier molecular flexibility index (Phi) is 10.1. The minimum absolute atomic E-state index is 0.363. The average molecular weight is 583 g/mol. The highest BCUT2D eigenvalue weighted by molar-refractivity contribution is 5.82. The van der Waals surface area contributed by atoms with Crippen LogP contribution in [0.1, 0.15) is 30.3 Å². The number of imidazole rings is 1. The molecule has 1 aliphatic rings. The minimum Gasteiger partial charge on any atom is -0.475 e. The van der Waals surface area contributed by atoms with Crippen LogP contribution in [0.5, 0.6) is 0 Å². The molecule has 3 N–H and O–H groups in total. The molecule has 3 heterocycles. The third-order valence-electron chi connectivity index (χ3n) is 5.91. The largest absolute Gasteiger partial charge is 0.490 e. The van der Waals surface area contributed by atoms with E-state index in [0.717, 1.165) is 36.4 Å². The lowest BCUT2D eigenvalue weighted by molar-refractivity contribution is -0.193. The van der Waals surface area contributed by atoms with Crippen molar-refractivity contribution in [2.45, 2.75) is 37.8 Å². The number of nitrogens with one attached hydrogen (secondary N) is 1. The Bertz CT molecular complexity index is 1420. The lowest BCUT2D eigenvalue weighted by Crippen LogP contribution is -2.23. The van der Waals surface area contributed by atoms with Crippen molar-refractivity contribution in [2.75, 3.05) is 6.54 Å². The van der Waals surface area contributed by atoms with Crippen LogP contribution in [0.4, 0.5) is 26.3 Å². The maximum Gasteiger partial charge on any atom is 0.490 e. The highest BCUT2D eigenvalue weighted by Gasteiger charge is 2.38. The van der Waals surface area contributed by atoms with Gasteiger partial charge >= 0.3 is 24.3 Å². The van der Waals surface area contributed by atoms with E-state index in [9.17, 15) is 26.3 Å². The molecule has 8 nitrogen and oxygen atoms in total. The van der Waals surface area contributed by atoms with E-state index in [0.29, 0.717) is 6.04 Å². The van der Waals surface area contributed by atoms with Crippen LogP contribution in [-0.4, -0.2) is 60.9 Å². The van der Waals surface area contributed by atoms with Gasteiger partial charge in [-0.3, -0.25) is 9.88 Å². The molecule has 14 heteroatoms. The number of carbonyl (C=O) groups is 2. The van der Waals surface area contributed by atoms with Crippen LogP contribution in [0.15, 0.2) is 73.1 Å². The van der Waals surface area contributed by atoms with Crippen LogP contribution < -0.4 is 0 Å². The predicted molar refractivity (Wildman–Crippen MR) is 136 cm³/mol. The maximum absolute atomic E-state index is 10.6. The average Bonchev–Trinajstić information content (AvgIpc) is 3.55. The van der Waals surface area contributed by atoms with Gasteiger partial charge < -0.3 is 15.2 Å². The van der Waals surface area contributed by atoms with E-state index in [1.807, 2.05) is 24.5 Å². The van der Waals surface area contributed by atoms with Crippen LogP contribution >= 0.6 is 0 Å². The zero-order valence-electron chi connectivity index (χ0n) is 21.2. The van der Waals surface area contributed by atoms with Crippen molar-refractivity contribution >= 4 is 23.0 Å². The zero-order chi connectivity index (χ0) is 30.2. The smallest absolute Gasteiger partial charge is 0.475 e. The van der Waals surface area contributed by atoms with Crippen molar-refractivity contribution in [3.8, 4) is 11.1 Å². The molecule has 0 amide bonds. The summed E-state index contributed by atoms with van der Waals surface area (Å²) in [7, 11) is 0. The molecule has 218 valence electrons. The molecule has 0 unspecified atom stereocenters. The van der Waals surface area contributed by atoms with E-state index >= 15 is 0 Å².